The van der Waals surface area contributed by atoms with Crippen LogP contribution in [0.2, 0.25) is 5.02 Å². The van der Waals surface area contributed by atoms with E-state index in [1.807, 2.05) is 30.3 Å². The second-order valence-electron chi connectivity index (χ2n) is 5.21. The second kappa shape index (κ2) is 5.30. The Bertz CT molecular complexity index is 795. The molecule has 0 bridgehead atoms. The first-order valence-electron chi connectivity index (χ1n) is 6.76. The van der Waals surface area contributed by atoms with E-state index >= 15 is 0 Å². The summed E-state index contributed by atoms with van der Waals surface area (Å²) < 4.78 is 5.74. The molecule has 3 rings (SSSR count). The number of fused-ring (bicyclic) bond motifs is 1. The highest BCUT2D eigenvalue weighted by molar-refractivity contribution is 6.34. The molecule has 3 aromatic rings. The average molecular weight is 302 g/mol. The molecule has 0 aliphatic heterocycles. The Balaban J connectivity index is 2.02. The van der Waals surface area contributed by atoms with Crippen LogP contribution in [0.25, 0.3) is 22.6 Å². The number of para-hydroxylation sites is 1. The lowest BCUT2D eigenvalue weighted by Gasteiger charge is -2.12. The number of anilines is 2. The lowest BCUT2D eigenvalue weighted by Crippen LogP contribution is -2.11. The summed E-state index contributed by atoms with van der Waals surface area (Å²) >= 11 is 6.11. The average Bonchev–Trinajstić information content (AvgIpc) is 2.86. The van der Waals surface area contributed by atoms with Crippen molar-refractivity contribution < 1.29 is 4.42 Å². The van der Waals surface area contributed by atoms with Crippen LogP contribution in [0.4, 0.5) is 11.4 Å². The van der Waals surface area contributed by atoms with Crippen LogP contribution in [-0.2, 0) is 0 Å². The van der Waals surface area contributed by atoms with Gasteiger partial charge in [-0.05, 0) is 44.2 Å². The molecule has 0 saturated heterocycles. The zero-order valence-corrected chi connectivity index (χ0v) is 12.6. The number of aromatic nitrogens is 1. The van der Waals surface area contributed by atoms with E-state index < -0.39 is 0 Å². The standard InChI is InChI=1S/C16H16ClN3O/c1-9(2)19-13-7-6-10(8-12(13)18)16-20-15-11(17)4-3-5-14(15)21-16/h3-9,19H,18H2,1-2H3. The van der Waals surface area contributed by atoms with Crippen LogP contribution in [0.1, 0.15) is 13.8 Å². The topological polar surface area (TPSA) is 64.1 Å². The minimum absolute atomic E-state index is 0.321. The fourth-order valence-electron chi connectivity index (χ4n) is 2.18. The Labute approximate surface area is 127 Å². The zero-order valence-electron chi connectivity index (χ0n) is 11.9. The number of hydrogen-bond donors (Lipinski definition) is 2. The van der Waals surface area contributed by atoms with E-state index in [4.69, 9.17) is 21.8 Å². The Morgan fingerprint density at radius 1 is 1.24 bits per heavy atom. The van der Waals surface area contributed by atoms with Gasteiger partial charge < -0.3 is 15.5 Å². The molecule has 108 valence electrons. The Morgan fingerprint density at radius 2 is 2.05 bits per heavy atom. The van der Waals surface area contributed by atoms with E-state index in [0.717, 1.165) is 11.3 Å². The Morgan fingerprint density at radius 3 is 2.71 bits per heavy atom. The van der Waals surface area contributed by atoms with Gasteiger partial charge in [0.2, 0.25) is 5.89 Å². The number of nitrogens with two attached hydrogens (primary N) is 1. The van der Waals surface area contributed by atoms with Crippen LogP contribution < -0.4 is 11.1 Å². The lowest BCUT2D eigenvalue weighted by atomic mass is 10.1. The first kappa shape index (κ1) is 13.8. The molecule has 0 saturated carbocycles. The van der Waals surface area contributed by atoms with Crippen LogP contribution in [0.3, 0.4) is 0 Å². The van der Waals surface area contributed by atoms with Crippen molar-refractivity contribution in [2.75, 3.05) is 11.1 Å². The van der Waals surface area contributed by atoms with E-state index in [1.54, 1.807) is 6.07 Å². The number of halogens is 1. The van der Waals surface area contributed by atoms with Crippen molar-refractivity contribution in [1.82, 2.24) is 4.98 Å². The summed E-state index contributed by atoms with van der Waals surface area (Å²) in [6.07, 6.45) is 0. The molecule has 0 fully saturated rings. The van der Waals surface area contributed by atoms with Crippen LogP contribution in [0, 0.1) is 0 Å². The molecular formula is C16H16ClN3O. The summed E-state index contributed by atoms with van der Waals surface area (Å²) in [6.45, 7) is 4.13. The molecule has 21 heavy (non-hydrogen) atoms. The number of hydrogen-bond acceptors (Lipinski definition) is 4. The molecule has 5 heteroatoms. The maximum Gasteiger partial charge on any atom is 0.227 e. The SMILES string of the molecule is CC(C)Nc1ccc(-c2nc3c(Cl)cccc3o2)cc1N. The molecule has 0 aliphatic rings. The quantitative estimate of drug-likeness (QED) is 0.697. The number of oxazole rings is 1. The first-order chi connectivity index (χ1) is 10.0. The predicted molar refractivity (Wildman–Crippen MR) is 87.6 cm³/mol. The van der Waals surface area contributed by atoms with E-state index in [2.05, 4.69) is 24.1 Å². The third kappa shape index (κ3) is 2.67. The third-order valence-electron chi connectivity index (χ3n) is 3.11. The highest BCUT2D eigenvalue weighted by Crippen LogP contribution is 2.31. The molecule has 0 amide bonds. The van der Waals surface area contributed by atoms with Crippen molar-refractivity contribution in [3.63, 3.8) is 0 Å². The summed E-state index contributed by atoms with van der Waals surface area (Å²) in [5, 5.41) is 3.87. The Kier molecular flexibility index (Phi) is 3.47. The molecule has 1 heterocycles. The van der Waals surface area contributed by atoms with Gasteiger partial charge in [0.25, 0.3) is 0 Å². The number of benzene rings is 2. The molecule has 0 unspecified atom stereocenters. The fraction of sp³-hybridized carbons (Fsp3) is 0.188. The van der Waals surface area contributed by atoms with Crippen LogP contribution in [-0.4, -0.2) is 11.0 Å². The molecule has 0 spiro atoms. The molecular weight excluding hydrogens is 286 g/mol. The predicted octanol–water partition coefficient (Wildman–Crippen LogP) is 4.55. The molecule has 0 aliphatic carbocycles. The molecule has 0 atom stereocenters. The van der Waals surface area contributed by atoms with Crippen molar-refractivity contribution in [2.45, 2.75) is 19.9 Å². The van der Waals surface area contributed by atoms with Crippen molar-refractivity contribution in [1.29, 1.82) is 0 Å². The van der Waals surface area contributed by atoms with Gasteiger partial charge in [0, 0.05) is 11.6 Å². The summed E-state index contributed by atoms with van der Waals surface area (Å²) in [5.41, 5.74) is 9.80. The van der Waals surface area contributed by atoms with E-state index in [-0.39, 0.29) is 0 Å². The molecule has 1 aromatic heterocycles. The Hall–Kier alpha value is -2.20. The van der Waals surface area contributed by atoms with Crippen LogP contribution in [0.15, 0.2) is 40.8 Å². The van der Waals surface area contributed by atoms with Gasteiger partial charge in [-0.1, -0.05) is 17.7 Å². The number of rotatable bonds is 3. The zero-order chi connectivity index (χ0) is 15.0. The van der Waals surface area contributed by atoms with Gasteiger partial charge in [0.05, 0.1) is 16.4 Å². The van der Waals surface area contributed by atoms with Crippen molar-refractivity contribution in [2.24, 2.45) is 0 Å². The van der Waals surface area contributed by atoms with Gasteiger partial charge in [-0.3, -0.25) is 0 Å². The maximum absolute atomic E-state index is 6.11. The fourth-order valence-corrected chi connectivity index (χ4v) is 2.38. The smallest absolute Gasteiger partial charge is 0.227 e. The van der Waals surface area contributed by atoms with Crippen LogP contribution in [0.5, 0.6) is 0 Å². The monoisotopic (exact) mass is 301 g/mol. The highest BCUT2D eigenvalue weighted by Gasteiger charge is 2.12. The van der Waals surface area contributed by atoms with Gasteiger partial charge >= 0.3 is 0 Å². The highest BCUT2D eigenvalue weighted by atomic mass is 35.5. The normalized spacial score (nSPS) is 11.2. The van der Waals surface area contributed by atoms with E-state index in [9.17, 15) is 0 Å². The summed E-state index contributed by atoms with van der Waals surface area (Å²) in [5.74, 6) is 0.515. The maximum atomic E-state index is 6.11. The molecule has 2 aromatic carbocycles. The first-order valence-corrected chi connectivity index (χ1v) is 7.14. The third-order valence-corrected chi connectivity index (χ3v) is 3.42. The summed E-state index contributed by atoms with van der Waals surface area (Å²) in [4.78, 5) is 4.44. The summed E-state index contributed by atoms with van der Waals surface area (Å²) in [7, 11) is 0. The van der Waals surface area contributed by atoms with Gasteiger partial charge in [-0.25, -0.2) is 4.98 Å². The molecule has 3 N–H and O–H groups in total. The van der Waals surface area contributed by atoms with Gasteiger partial charge in [0.1, 0.15) is 5.52 Å². The molecule has 4 nitrogen and oxygen atoms in total. The van der Waals surface area contributed by atoms with E-state index in [0.29, 0.717) is 33.7 Å². The largest absolute Gasteiger partial charge is 0.436 e. The van der Waals surface area contributed by atoms with Gasteiger partial charge in [-0.2, -0.15) is 0 Å². The minimum atomic E-state index is 0.321. The van der Waals surface area contributed by atoms with Crippen molar-refractivity contribution in [3.05, 3.63) is 41.4 Å². The van der Waals surface area contributed by atoms with Gasteiger partial charge in [-0.15, -0.1) is 0 Å². The number of nitrogens with zero attached hydrogens (tertiary/aromatic N) is 1. The number of nitrogens with one attached hydrogen (secondary N) is 1. The molecule has 0 radical (unpaired) electrons. The van der Waals surface area contributed by atoms with Crippen molar-refractivity contribution >= 4 is 34.1 Å². The van der Waals surface area contributed by atoms with Crippen molar-refractivity contribution in [3.8, 4) is 11.5 Å². The summed E-state index contributed by atoms with van der Waals surface area (Å²) in [6, 6.07) is 11.5. The minimum Gasteiger partial charge on any atom is -0.436 e. The second-order valence-corrected chi connectivity index (χ2v) is 5.61. The van der Waals surface area contributed by atoms with Gasteiger partial charge in [0.15, 0.2) is 5.58 Å². The lowest BCUT2D eigenvalue weighted by molar-refractivity contribution is 0.620. The number of nitrogen functional groups attached to an aromatic ring is 1. The van der Waals surface area contributed by atoms with E-state index in [1.165, 1.54) is 0 Å². The van der Waals surface area contributed by atoms with Crippen LogP contribution >= 0.6 is 11.6 Å².